The molecule has 0 nitrogen and oxygen atoms in total. The van der Waals surface area contributed by atoms with Gasteiger partial charge in [-0.05, 0) is 85.3 Å². The molecule has 0 radical (unpaired) electrons. The lowest BCUT2D eigenvalue weighted by Gasteiger charge is -2.36. The lowest BCUT2D eigenvalue weighted by atomic mass is 9.69. The van der Waals surface area contributed by atoms with Crippen molar-refractivity contribution in [2.45, 2.75) is 64.7 Å². The molecule has 0 aliphatic heterocycles. The van der Waals surface area contributed by atoms with Crippen molar-refractivity contribution in [1.29, 1.82) is 0 Å². The largest absolute Gasteiger partial charge is 0.204 e. The molecule has 1 atom stereocenters. The quantitative estimate of drug-likeness (QED) is 0.490. The van der Waals surface area contributed by atoms with Crippen LogP contribution >= 0.6 is 0 Å². The summed E-state index contributed by atoms with van der Waals surface area (Å²) in [5.41, 5.74) is 3.83. The molecule has 0 saturated heterocycles. The SMILES string of the molecule is CCCC1CCC(C2CCc3cc(C#Cc4cccc(F)c4F)ccc3C2)CC1. The standard InChI is InChI=1S/C27H30F2/c1-2-4-19-7-11-21(12-8-19)24-16-15-23-17-20(10-14-25(23)18-24)9-13-22-5-3-6-26(28)27(22)29/h3,5-6,10,14,17,19,21,24H,2,4,7-8,11-12,15-16,18H2,1H3. The van der Waals surface area contributed by atoms with Gasteiger partial charge in [-0.2, -0.15) is 0 Å². The lowest BCUT2D eigenvalue weighted by molar-refractivity contribution is 0.184. The minimum atomic E-state index is -0.866. The minimum absolute atomic E-state index is 0.112. The number of hydrogen-bond donors (Lipinski definition) is 0. The van der Waals surface area contributed by atoms with Crippen molar-refractivity contribution in [3.05, 3.63) is 70.3 Å². The third-order valence-corrected chi connectivity index (χ3v) is 7.02. The molecule has 1 fully saturated rings. The molecule has 2 aromatic carbocycles. The fourth-order valence-electron chi connectivity index (χ4n) is 5.36. The molecule has 0 aromatic heterocycles. The van der Waals surface area contributed by atoms with Crippen molar-refractivity contribution >= 4 is 0 Å². The molecular formula is C27H30F2. The van der Waals surface area contributed by atoms with Gasteiger partial charge in [0.25, 0.3) is 0 Å². The van der Waals surface area contributed by atoms with Crippen molar-refractivity contribution in [2.75, 3.05) is 0 Å². The maximum absolute atomic E-state index is 13.8. The van der Waals surface area contributed by atoms with Gasteiger partial charge < -0.3 is 0 Å². The number of fused-ring (bicyclic) bond motifs is 1. The van der Waals surface area contributed by atoms with Gasteiger partial charge in [0.05, 0.1) is 5.56 Å². The molecule has 2 aromatic rings. The summed E-state index contributed by atoms with van der Waals surface area (Å²) in [4.78, 5) is 0. The molecule has 0 N–H and O–H groups in total. The van der Waals surface area contributed by atoms with E-state index >= 15 is 0 Å². The van der Waals surface area contributed by atoms with Crippen LogP contribution in [0.1, 0.15) is 74.1 Å². The van der Waals surface area contributed by atoms with Crippen molar-refractivity contribution in [3.63, 3.8) is 0 Å². The van der Waals surface area contributed by atoms with Crippen molar-refractivity contribution in [1.82, 2.24) is 0 Å². The number of benzene rings is 2. The Morgan fingerprint density at radius 2 is 1.72 bits per heavy atom. The predicted molar refractivity (Wildman–Crippen MR) is 115 cm³/mol. The van der Waals surface area contributed by atoms with E-state index in [1.54, 1.807) is 0 Å². The summed E-state index contributed by atoms with van der Waals surface area (Å²) in [5, 5.41) is 0. The van der Waals surface area contributed by atoms with Gasteiger partial charge in [0, 0.05) is 5.56 Å². The van der Waals surface area contributed by atoms with Gasteiger partial charge in [-0.15, -0.1) is 0 Å². The zero-order chi connectivity index (χ0) is 20.2. The average molecular weight is 393 g/mol. The summed E-state index contributed by atoms with van der Waals surface area (Å²) in [6.07, 6.45) is 12.0. The minimum Gasteiger partial charge on any atom is -0.204 e. The molecule has 1 saturated carbocycles. The van der Waals surface area contributed by atoms with Crippen LogP contribution in [0.15, 0.2) is 36.4 Å². The van der Waals surface area contributed by atoms with E-state index in [0.717, 1.165) is 35.8 Å². The molecule has 0 amide bonds. The second-order valence-corrected chi connectivity index (χ2v) is 8.91. The molecule has 1 unspecified atom stereocenters. The summed E-state index contributed by atoms with van der Waals surface area (Å²) in [6.45, 7) is 2.30. The van der Waals surface area contributed by atoms with Crippen LogP contribution in [-0.2, 0) is 12.8 Å². The third-order valence-electron chi connectivity index (χ3n) is 7.02. The molecule has 0 heterocycles. The molecule has 2 aliphatic rings. The van der Waals surface area contributed by atoms with E-state index in [1.807, 2.05) is 6.07 Å². The van der Waals surface area contributed by atoms with E-state index in [-0.39, 0.29) is 5.56 Å². The first kappa shape index (κ1) is 20.1. The van der Waals surface area contributed by atoms with Gasteiger partial charge in [0.1, 0.15) is 0 Å². The summed E-state index contributed by atoms with van der Waals surface area (Å²) in [7, 11) is 0. The second-order valence-electron chi connectivity index (χ2n) is 8.91. The van der Waals surface area contributed by atoms with E-state index in [4.69, 9.17) is 0 Å². The van der Waals surface area contributed by atoms with Gasteiger partial charge in [-0.25, -0.2) is 8.78 Å². The zero-order valence-corrected chi connectivity index (χ0v) is 17.3. The molecule has 0 bridgehead atoms. The summed E-state index contributed by atoms with van der Waals surface area (Å²) < 4.78 is 27.1. The van der Waals surface area contributed by atoms with E-state index < -0.39 is 11.6 Å². The van der Waals surface area contributed by atoms with E-state index in [0.29, 0.717) is 0 Å². The van der Waals surface area contributed by atoms with E-state index in [2.05, 4.69) is 30.9 Å². The highest BCUT2D eigenvalue weighted by molar-refractivity contribution is 5.46. The topological polar surface area (TPSA) is 0 Å². The van der Waals surface area contributed by atoms with Crippen molar-refractivity contribution in [2.24, 2.45) is 17.8 Å². The van der Waals surface area contributed by atoms with Crippen LogP contribution in [0, 0.1) is 41.2 Å². The fourth-order valence-corrected chi connectivity index (χ4v) is 5.36. The Morgan fingerprint density at radius 3 is 2.52 bits per heavy atom. The number of halogens is 2. The molecule has 29 heavy (non-hydrogen) atoms. The van der Waals surface area contributed by atoms with Gasteiger partial charge in [0.2, 0.25) is 0 Å². The van der Waals surface area contributed by atoms with Crippen LogP contribution in [0.5, 0.6) is 0 Å². The molecule has 152 valence electrons. The lowest BCUT2D eigenvalue weighted by Crippen LogP contribution is -2.26. The van der Waals surface area contributed by atoms with Crippen molar-refractivity contribution in [3.8, 4) is 11.8 Å². The number of hydrogen-bond acceptors (Lipinski definition) is 0. The Labute approximate surface area is 173 Å². The molecule has 0 spiro atoms. The summed E-state index contributed by atoms with van der Waals surface area (Å²) in [5.74, 6) is 6.77. The maximum atomic E-state index is 13.8. The van der Waals surface area contributed by atoms with Crippen LogP contribution in [0.2, 0.25) is 0 Å². The van der Waals surface area contributed by atoms with E-state index in [9.17, 15) is 8.78 Å². The van der Waals surface area contributed by atoms with Crippen LogP contribution in [0.25, 0.3) is 0 Å². The molecular weight excluding hydrogens is 362 g/mol. The van der Waals surface area contributed by atoms with Gasteiger partial charge in [-0.1, -0.05) is 56.6 Å². The van der Waals surface area contributed by atoms with Crippen LogP contribution < -0.4 is 0 Å². The van der Waals surface area contributed by atoms with Crippen LogP contribution in [0.4, 0.5) is 8.78 Å². The molecule has 2 aliphatic carbocycles. The summed E-state index contributed by atoms with van der Waals surface area (Å²) in [6, 6.07) is 10.5. The predicted octanol–water partition coefficient (Wildman–Crippen LogP) is 7.08. The van der Waals surface area contributed by atoms with Gasteiger partial charge in [-0.3, -0.25) is 0 Å². The van der Waals surface area contributed by atoms with E-state index in [1.165, 1.54) is 74.6 Å². The molecule has 2 heteroatoms. The first-order chi connectivity index (χ1) is 14.1. The monoisotopic (exact) mass is 392 g/mol. The van der Waals surface area contributed by atoms with Gasteiger partial charge in [0.15, 0.2) is 11.6 Å². The Hall–Kier alpha value is -2.14. The maximum Gasteiger partial charge on any atom is 0.174 e. The van der Waals surface area contributed by atoms with Crippen LogP contribution in [0.3, 0.4) is 0 Å². The smallest absolute Gasteiger partial charge is 0.174 e. The Morgan fingerprint density at radius 1 is 0.897 bits per heavy atom. The first-order valence-electron chi connectivity index (χ1n) is 11.2. The normalized spacial score (nSPS) is 23.8. The fraction of sp³-hybridized carbons (Fsp3) is 0.481. The molecule has 4 rings (SSSR count). The van der Waals surface area contributed by atoms with Crippen molar-refractivity contribution < 1.29 is 8.78 Å². The highest BCUT2D eigenvalue weighted by Crippen LogP contribution is 2.40. The highest BCUT2D eigenvalue weighted by Gasteiger charge is 2.29. The Balaban J connectivity index is 1.42. The number of aryl methyl sites for hydroxylation is 1. The highest BCUT2D eigenvalue weighted by atomic mass is 19.2. The van der Waals surface area contributed by atoms with Crippen LogP contribution in [-0.4, -0.2) is 0 Å². The number of rotatable bonds is 3. The van der Waals surface area contributed by atoms with Gasteiger partial charge >= 0.3 is 0 Å². The third kappa shape index (κ3) is 4.72. The second kappa shape index (κ2) is 9.12. The Bertz CT molecular complexity index is 910. The first-order valence-corrected chi connectivity index (χ1v) is 11.2. The average Bonchev–Trinajstić information content (AvgIpc) is 2.75. The zero-order valence-electron chi connectivity index (χ0n) is 17.3. The Kier molecular flexibility index (Phi) is 6.34. The summed E-state index contributed by atoms with van der Waals surface area (Å²) >= 11 is 0.